The molecule has 1 aliphatic rings. The molecule has 1 aromatic carbocycles. The van der Waals surface area contributed by atoms with Crippen molar-refractivity contribution in [1.29, 1.82) is 0 Å². The summed E-state index contributed by atoms with van der Waals surface area (Å²) in [6.45, 7) is 3.77. The van der Waals surface area contributed by atoms with Crippen molar-refractivity contribution in [3.63, 3.8) is 0 Å². The van der Waals surface area contributed by atoms with Gasteiger partial charge in [-0.15, -0.1) is 0 Å². The maximum atomic E-state index is 11.4. The van der Waals surface area contributed by atoms with E-state index in [0.29, 0.717) is 5.78 Å². The van der Waals surface area contributed by atoms with Crippen LogP contribution < -0.4 is 0 Å². The normalized spacial score (nSPS) is 18.3. The predicted octanol–water partition coefficient (Wildman–Crippen LogP) is 2.62. The molecule has 0 bridgehead atoms. The monoisotopic (exact) mass is 174 g/mol. The number of carbonyl (C=O) groups is 1. The van der Waals surface area contributed by atoms with Crippen LogP contribution in [0, 0.1) is 6.92 Å². The first-order chi connectivity index (χ1) is 6.15. The lowest BCUT2D eigenvalue weighted by molar-refractivity contribution is -0.119. The fourth-order valence-electron chi connectivity index (χ4n) is 1.91. The molecular weight excluding hydrogens is 160 g/mol. The predicted molar refractivity (Wildman–Crippen MR) is 52.8 cm³/mol. The Balaban J connectivity index is 2.41. The van der Waals surface area contributed by atoms with Gasteiger partial charge in [0, 0.05) is 0 Å². The van der Waals surface area contributed by atoms with Crippen LogP contribution in [0.4, 0.5) is 0 Å². The van der Waals surface area contributed by atoms with E-state index in [2.05, 4.69) is 25.1 Å². The van der Waals surface area contributed by atoms with Gasteiger partial charge in [-0.25, -0.2) is 0 Å². The van der Waals surface area contributed by atoms with E-state index in [1.807, 2.05) is 6.07 Å². The molecule has 0 aliphatic heterocycles. The van der Waals surface area contributed by atoms with Crippen LogP contribution in [-0.2, 0) is 10.2 Å². The van der Waals surface area contributed by atoms with Crippen molar-refractivity contribution in [2.45, 2.75) is 32.1 Å². The zero-order chi connectivity index (χ0) is 9.47. The average Bonchev–Trinajstić information content (AvgIpc) is 2.83. The molecule has 68 valence electrons. The minimum atomic E-state index is -0.105. The van der Waals surface area contributed by atoms with E-state index in [1.165, 1.54) is 11.1 Å². The van der Waals surface area contributed by atoms with E-state index >= 15 is 0 Å². The molecule has 0 radical (unpaired) electrons. The third kappa shape index (κ3) is 1.28. The van der Waals surface area contributed by atoms with E-state index < -0.39 is 0 Å². The van der Waals surface area contributed by atoms with Crippen molar-refractivity contribution in [3.8, 4) is 0 Å². The third-order valence-electron chi connectivity index (χ3n) is 2.99. The summed E-state index contributed by atoms with van der Waals surface area (Å²) in [5.41, 5.74) is 2.34. The van der Waals surface area contributed by atoms with Gasteiger partial charge in [-0.3, -0.25) is 4.79 Å². The summed E-state index contributed by atoms with van der Waals surface area (Å²) in [7, 11) is 0. The Kier molecular flexibility index (Phi) is 1.76. The van der Waals surface area contributed by atoms with E-state index in [-0.39, 0.29) is 5.41 Å². The molecule has 1 aliphatic carbocycles. The van der Waals surface area contributed by atoms with E-state index in [4.69, 9.17) is 0 Å². The Morgan fingerprint density at radius 3 is 2.54 bits per heavy atom. The van der Waals surface area contributed by atoms with Crippen LogP contribution in [-0.4, -0.2) is 5.78 Å². The summed E-state index contributed by atoms with van der Waals surface area (Å²) in [5, 5.41) is 0. The van der Waals surface area contributed by atoms with E-state index in [1.54, 1.807) is 6.92 Å². The first kappa shape index (κ1) is 8.49. The van der Waals surface area contributed by atoms with Crippen LogP contribution in [0.5, 0.6) is 0 Å². The molecule has 0 aromatic heterocycles. The second-order valence-electron chi connectivity index (χ2n) is 4.01. The Bertz CT molecular complexity index is 348. The lowest BCUT2D eigenvalue weighted by atomic mass is 9.91. The van der Waals surface area contributed by atoms with Crippen molar-refractivity contribution < 1.29 is 4.79 Å². The van der Waals surface area contributed by atoms with Crippen LogP contribution in [0.15, 0.2) is 24.3 Å². The molecule has 2 rings (SSSR count). The summed E-state index contributed by atoms with van der Waals surface area (Å²) in [6.07, 6.45) is 2.07. The first-order valence-electron chi connectivity index (χ1n) is 4.73. The van der Waals surface area contributed by atoms with E-state index in [9.17, 15) is 4.79 Å². The van der Waals surface area contributed by atoms with Gasteiger partial charge in [0.15, 0.2) is 0 Å². The Morgan fingerprint density at radius 1 is 1.38 bits per heavy atom. The topological polar surface area (TPSA) is 17.1 Å². The molecule has 13 heavy (non-hydrogen) atoms. The third-order valence-corrected chi connectivity index (χ3v) is 2.99. The number of benzene rings is 1. The minimum Gasteiger partial charge on any atom is -0.299 e. The van der Waals surface area contributed by atoms with Crippen LogP contribution in [0.2, 0.25) is 0 Å². The number of aryl methyl sites for hydroxylation is 1. The summed E-state index contributed by atoms with van der Waals surface area (Å²) in [4.78, 5) is 11.4. The van der Waals surface area contributed by atoms with Crippen LogP contribution in [0.1, 0.15) is 30.9 Å². The summed E-state index contributed by atoms with van der Waals surface area (Å²) in [6, 6.07) is 8.31. The molecule has 0 N–H and O–H groups in total. The van der Waals surface area contributed by atoms with Crippen LogP contribution in [0.3, 0.4) is 0 Å². The highest BCUT2D eigenvalue weighted by atomic mass is 16.1. The molecule has 0 amide bonds. The Hall–Kier alpha value is -1.11. The molecule has 1 saturated carbocycles. The summed E-state index contributed by atoms with van der Waals surface area (Å²) >= 11 is 0. The quantitative estimate of drug-likeness (QED) is 0.673. The molecule has 0 atom stereocenters. The van der Waals surface area contributed by atoms with Gasteiger partial charge < -0.3 is 0 Å². The number of carbonyl (C=O) groups excluding carboxylic acids is 1. The minimum absolute atomic E-state index is 0.105. The second kappa shape index (κ2) is 2.69. The summed E-state index contributed by atoms with van der Waals surface area (Å²) in [5.74, 6) is 0.318. The zero-order valence-electron chi connectivity index (χ0n) is 8.13. The number of hydrogen-bond donors (Lipinski definition) is 0. The zero-order valence-corrected chi connectivity index (χ0v) is 8.13. The molecule has 1 nitrogen and oxygen atoms in total. The molecule has 0 heterocycles. The maximum absolute atomic E-state index is 11.4. The standard InChI is InChI=1S/C12H14O/c1-9-4-3-5-11(8-9)12(6-7-12)10(2)13/h3-5,8H,6-7H2,1-2H3. The molecule has 0 saturated heterocycles. The molecule has 1 fully saturated rings. The van der Waals surface area contributed by atoms with Gasteiger partial charge in [0.1, 0.15) is 5.78 Å². The van der Waals surface area contributed by atoms with Crippen molar-refractivity contribution in [2.75, 3.05) is 0 Å². The van der Waals surface area contributed by atoms with Crippen molar-refractivity contribution in [1.82, 2.24) is 0 Å². The Labute approximate surface area is 78.8 Å². The molecule has 1 heteroatoms. The molecule has 0 unspecified atom stereocenters. The lowest BCUT2D eigenvalue weighted by Gasteiger charge is -2.11. The van der Waals surface area contributed by atoms with Crippen molar-refractivity contribution >= 4 is 5.78 Å². The van der Waals surface area contributed by atoms with E-state index in [0.717, 1.165) is 12.8 Å². The number of Topliss-reactive ketones (excluding diaryl/α,β-unsaturated/α-hetero) is 1. The highest BCUT2D eigenvalue weighted by Gasteiger charge is 2.48. The smallest absolute Gasteiger partial charge is 0.140 e. The van der Waals surface area contributed by atoms with Gasteiger partial charge in [0.2, 0.25) is 0 Å². The first-order valence-corrected chi connectivity index (χ1v) is 4.73. The number of rotatable bonds is 2. The highest BCUT2D eigenvalue weighted by Crippen LogP contribution is 2.48. The van der Waals surface area contributed by atoms with Gasteiger partial charge in [-0.1, -0.05) is 29.8 Å². The van der Waals surface area contributed by atoms with Crippen molar-refractivity contribution in [2.24, 2.45) is 0 Å². The average molecular weight is 174 g/mol. The number of ketones is 1. The van der Waals surface area contributed by atoms with Gasteiger partial charge in [0.05, 0.1) is 5.41 Å². The summed E-state index contributed by atoms with van der Waals surface area (Å²) < 4.78 is 0. The maximum Gasteiger partial charge on any atom is 0.140 e. The number of hydrogen-bond acceptors (Lipinski definition) is 1. The fraction of sp³-hybridized carbons (Fsp3) is 0.417. The molecule has 0 spiro atoms. The lowest BCUT2D eigenvalue weighted by Crippen LogP contribution is -2.16. The van der Waals surface area contributed by atoms with Gasteiger partial charge >= 0.3 is 0 Å². The highest BCUT2D eigenvalue weighted by molar-refractivity contribution is 5.91. The fourth-order valence-corrected chi connectivity index (χ4v) is 1.91. The van der Waals surface area contributed by atoms with Crippen molar-refractivity contribution in [3.05, 3.63) is 35.4 Å². The van der Waals surface area contributed by atoms with Gasteiger partial charge in [-0.2, -0.15) is 0 Å². The SMILES string of the molecule is CC(=O)C1(c2cccc(C)c2)CC1. The molecule has 1 aromatic rings. The molecular formula is C12H14O. The Morgan fingerprint density at radius 2 is 2.08 bits per heavy atom. The second-order valence-corrected chi connectivity index (χ2v) is 4.01. The van der Waals surface area contributed by atoms with Gasteiger partial charge in [-0.05, 0) is 32.3 Å². The van der Waals surface area contributed by atoms with Crippen LogP contribution >= 0.6 is 0 Å². The van der Waals surface area contributed by atoms with Gasteiger partial charge in [0.25, 0.3) is 0 Å². The van der Waals surface area contributed by atoms with Crippen LogP contribution in [0.25, 0.3) is 0 Å². The largest absolute Gasteiger partial charge is 0.299 e.